The van der Waals surface area contributed by atoms with E-state index in [2.05, 4.69) is 90.5 Å². The third-order valence-electron chi connectivity index (χ3n) is 8.73. The van der Waals surface area contributed by atoms with Crippen molar-refractivity contribution in [1.82, 2.24) is 14.7 Å². The standard InChI is InChI=1S/C40H47N3O3/c1-6-36(30-13-9-7-10-14-30)39(32-17-21-34(22-18-32)45-28-27-41(2)3)33-19-23-35(24-20-33)46-40(44)43(5)26-25-42(4)38-29-37(38)31-15-11-8-12-16-31/h7-24,37-38H,6,25-29H2,1-5H3/b39-36+. The van der Waals surface area contributed by atoms with E-state index >= 15 is 0 Å². The van der Waals surface area contributed by atoms with E-state index in [1.807, 2.05) is 56.6 Å². The fourth-order valence-corrected chi connectivity index (χ4v) is 5.90. The predicted octanol–water partition coefficient (Wildman–Crippen LogP) is 7.91. The van der Waals surface area contributed by atoms with Gasteiger partial charge in [-0.25, -0.2) is 4.79 Å². The molecule has 0 N–H and O–H groups in total. The maximum atomic E-state index is 13.0. The molecule has 0 heterocycles. The SMILES string of the molecule is CC/C(=C(/c1ccc(OCCN(C)C)cc1)c1ccc(OC(=O)N(C)CCN(C)C2CC2c2ccccc2)cc1)c1ccccc1. The Labute approximate surface area is 274 Å². The summed E-state index contributed by atoms with van der Waals surface area (Å²) in [6.07, 6.45) is 1.68. The summed E-state index contributed by atoms with van der Waals surface area (Å²) in [4.78, 5) is 19.1. The molecule has 0 aromatic heterocycles. The molecule has 240 valence electrons. The summed E-state index contributed by atoms with van der Waals surface area (Å²) < 4.78 is 11.7. The van der Waals surface area contributed by atoms with Gasteiger partial charge in [0.15, 0.2) is 0 Å². The second-order valence-electron chi connectivity index (χ2n) is 12.4. The zero-order valence-corrected chi connectivity index (χ0v) is 27.9. The van der Waals surface area contributed by atoms with Crippen LogP contribution in [-0.2, 0) is 0 Å². The number of hydrogen-bond donors (Lipinski definition) is 0. The van der Waals surface area contributed by atoms with Gasteiger partial charge in [-0.05, 0) is 91.7 Å². The summed E-state index contributed by atoms with van der Waals surface area (Å²) in [5.41, 5.74) is 7.16. The quantitative estimate of drug-likeness (QED) is 0.135. The van der Waals surface area contributed by atoms with Gasteiger partial charge < -0.3 is 24.2 Å². The van der Waals surface area contributed by atoms with Gasteiger partial charge in [-0.1, -0.05) is 91.9 Å². The molecule has 6 nitrogen and oxygen atoms in total. The zero-order valence-electron chi connectivity index (χ0n) is 27.9. The molecule has 0 saturated heterocycles. The second kappa shape index (κ2) is 15.7. The molecule has 2 atom stereocenters. The molecule has 2 unspecified atom stereocenters. The van der Waals surface area contributed by atoms with Gasteiger partial charge in [0.1, 0.15) is 18.1 Å². The number of benzene rings is 4. The Balaban J connectivity index is 1.25. The topological polar surface area (TPSA) is 45.3 Å². The van der Waals surface area contributed by atoms with Crippen molar-refractivity contribution in [2.24, 2.45) is 0 Å². The molecule has 0 bridgehead atoms. The molecule has 4 aromatic rings. The Morgan fingerprint density at radius 3 is 1.87 bits per heavy atom. The monoisotopic (exact) mass is 617 g/mol. The molecule has 6 heteroatoms. The van der Waals surface area contributed by atoms with E-state index in [9.17, 15) is 4.79 Å². The Kier molecular flexibility index (Phi) is 11.3. The normalized spacial score (nSPS) is 16.2. The van der Waals surface area contributed by atoms with Crippen molar-refractivity contribution < 1.29 is 14.3 Å². The van der Waals surface area contributed by atoms with Crippen LogP contribution in [0.1, 0.15) is 47.9 Å². The molecular weight excluding hydrogens is 570 g/mol. The first-order chi connectivity index (χ1) is 22.3. The van der Waals surface area contributed by atoms with Gasteiger partial charge in [-0.15, -0.1) is 0 Å². The molecule has 1 aliphatic carbocycles. The third-order valence-corrected chi connectivity index (χ3v) is 8.73. The largest absolute Gasteiger partial charge is 0.492 e. The predicted molar refractivity (Wildman–Crippen MR) is 188 cm³/mol. The van der Waals surface area contributed by atoms with Crippen molar-refractivity contribution in [3.05, 3.63) is 131 Å². The number of ether oxygens (including phenoxy) is 2. The summed E-state index contributed by atoms with van der Waals surface area (Å²) in [5.74, 6) is 1.96. The van der Waals surface area contributed by atoms with Gasteiger partial charge in [0.2, 0.25) is 0 Å². The number of carbonyl (C=O) groups excluding carboxylic acids is 1. The molecule has 0 spiro atoms. The first kappa shape index (κ1) is 33.0. The number of nitrogens with zero attached hydrogens (tertiary/aromatic N) is 3. The van der Waals surface area contributed by atoms with E-state index in [1.54, 1.807) is 11.9 Å². The molecular formula is C40H47N3O3. The lowest BCUT2D eigenvalue weighted by Crippen LogP contribution is -2.37. The summed E-state index contributed by atoms with van der Waals surface area (Å²) in [6, 6.07) is 37.9. The van der Waals surface area contributed by atoms with Crippen LogP contribution in [0, 0.1) is 0 Å². The van der Waals surface area contributed by atoms with Crippen LogP contribution >= 0.6 is 0 Å². The number of carbonyl (C=O) groups is 1. The lowest BCUT2D eigenvalue weighted by atomic mass is 9.88. The van der Waals surface area contributed by atoms with Crippen molar-refractivity contribution in [2.75, 3.05) is 54.4 Å². The first-order valence-corrected chi connectivity index (χ1v) is 16.3. The van der Waals surface area contributed by atoms with Gasteiger partial charge >= 0.3 is 6.09 Å². The molecule has 1 amide bonds. The maximum absolute atomic E-state index is 13.0. The van der Waals surface area contributed by atoms with E-state index in [0.29, 0.717) is 30.9 Å². The number of rotatable bonds is 14. The van der Waals surface area contributed by atoms with E-state index in [-0.39, 0.29) is 6.09 Å². The van der Waals surface area contributed by atoms with Crippen LogP contribution in [0.4, 0.5) is 4.79 Å². The highest BCUT2D eigenvalue weighted by Crippen LogP contribution is 2.44. The summed E-state index contributed by atoms with van der Waals surface area (Å²) >= 11 is 0. The Bertz CT molecular complexity index is 1570. The zero-order chi connectivity index (χ0) is 32.5. The summed E-state index contributed by atoms with van der Waals surface area (Å²) in [6.45, 7) is 5.09. The Morgan fingerprint density at radius 1 is 0.696 bits per heavy atom. The minimum absolute atomic E-state index is 0.351. The smallest absolute Gasteiger partial charge is 0.415 e. The summed E-state index contributed by atoms with van der Waals surface area (Å²) in [5, 5.41) is 0. The van der Waals surface area contributed by atoms with Crippen LogP contribution in [0.25, 0.3) is 11.1 Å². The molecule has 1 saturated carbocycles. The average molecular weight is 618 g/mol. The van der Waals surface area contributed by atoms with E-state index in [0.717, 1.165) is 48.4 Å². The van der Waals surface area contributed by atoms with Crippen LogP contribution in [0.2, 0.25) is 0 Å². The van der Waals surface area contributed by atoms with Gasteiger partial charge in [0.25, 0.3) is 0 Å². The van der Waals surface area contributed by atoms with E-state index in [4.69, 9.17) is 9.47 Å². The van der Waals surface area contributed by atoms with Crippen LogP contribution in [0.15, 0.2) is 109 Å². The van der Waals surface area contributed by atoms with E-state index < -0.39 is 0 Å². The van der Waals surface area contributed by atoms with Crippen LogP contribution in [-0.4, -0.2) is 81.3 Å². The van der Waals surface area contributed by atoms with Crippen LogP contribution in [0.3, 0.4) is 0 Å². The number of hydrogen-bond acceptors (Lipinski definition) is 5. The number of allylic oxidation sites excluding steroid dienone is 1. The third kappa shape index (κ3) is 8.65. The molecule has 4 aromatic carbocycles. The van der Waals surface area contributed by atoms with Crippen molar-refractivity contribution >= 4 is 17.2 Å². The van der Waals surface area contributed by atoms with Crippen molar-refractivity contribution in [3.63, 3.8) is 0 Å². The van der Waals surface area contributed by atoms with Gasteiger partial charge in [-0.3, -0.25) is 0 Å². The fraction of sp³-hybridized carbons (Fsp3) is 0.325. The maximum Gasteiger partial charge on any atom is 0.415 e. The molecule has 1 fully saturated rings. The second-order valence-corrected chi connectivity index (χ2v) is 12.4. The average Bonchev–Trinajstić information content (AvgIpc) is 3.89. The molecule has 5 rings (SSSR count). The highest BCUT2D eigenvalue weighted by molar-refractivity contribution is 5.98. The van der Waals surface area contributed by atoms with Crippen LogP contribution in [0.5, 0.6) is 11.5 Å². The minimum atomic E-state index is -0.351. The van der Waals surface area contributed by atoms with Crippen LogP contribution < -0.4 is 9.47 Å². The Morgan fingerprint density at radius 2 is 1.28 bits per heavy atom. The van der Waals surface area contributed by atoms with Crippen molar-refractivity contribution in [1.29, 1.82) is 0 Å². The Hall–Kier alpha value is -4.39. The lowest BCUT2D eigenvalue weighted by molar-refractivity contribution is 0.156. The first-order valence-electron chi connectivity index (χ1n) is 16.3. The molecule has 46 heavy (non-hydrogen) atoms. The lowest BCUT2D eigenvalue weighted by Gasteiger charge is -2.22. The summed E-state index contributed by atoms with van der Waals surface area (Å²) in [7, 11) is 8.02. The molecule has 1 aliphatic rings. The highest BCUT2D eigenvalue weighted by atomic mass is 16.6. The van der Waals surface area contributed by atoms with Crippen molar-refractivity contribution in [3.8, 4) is 11.5 Å². The fourth-order valence-electron chi connectivity index (χ4n) is 5.90. The highest BCUT2D eigenvalue weighted by Gasteiger charge is 2.41. The van der Waals surface area contributed by atoms with Gasteiger partial charge in [0, 0.05) is 38.6 Å². The van der Waals surface area contributed by atoms with Crippen molar-refractivity contribution in [2.45, 2.75) is 31.7 Å². The van der Waals surface area contributed by atoms with Gasteiger partial charge in [-0.2, -0.15) is 0 Å². The molecule has 0 radical (unpaired) electrons. The minimum Gasteiger partial charge on any atom is -0.492 e. The number of likely N-dealkylation sites (N-methyl/N-ethyl adjacent to an activating group) is 3. The van der Waals surface area contributed by atoms with E-state index in [1.165, 1.54) is 16.7 Å². The van der Waals surface area contributed by atoms with Gasteiger partial charge in [0.05, 0.1) is 0 Å². The molecule has 0 aliphatic heterocycles. The number of amides is 1.